The summed E-state index contributed by atoms with van der Waals surface area (Å²) in [5, 5.41) is 0. The van der Waals surface area contributed by atoms with E-state index in [4.69, 9.17) is 4.99 Å². The van der Waals surface area contributed by atoms with Crippen molar-refractivity contribution in [1.29, 1.82) is 0 Å². The lowest BCUT2D eigenvalue weighted by Crippen LogP contribution is -1.94. The van der Waals surface area contributed by atoms with Crippen LogP contribution in [0.3, 0.4) is 0 Å². The van der Waals surface area contributed by atoms with Crippen molar-refractivity contribution in [3.8, 4) is 0 Å². The summed E-state index contributed by atoms with van der Waals surface area (Å²) in [6, 6.07) is 21.4. The Morgan fingerprint density at radius 1 is 0.824 bits per heavy atom. The smallest absolute Gasteiger partial charge is 0.0756 e. The molecule has 1 heterocycles. The van der Waals surface area contributed by atoms with Crippen molar-refractivity contribution in [3.63, 3.8) is 0 Å². The second-order valence-electron chi connectivity index (χ2n) is 4.41. The van der Waals surface area contributed by atoms with Crippen LogP contribution in [-0.4, -0.2) is 5.71 Å². The van der Waals surface area contributed by atoms with Crippen LogP contribution in [0.25, 0.3) is 0 Å². The molecule has 1 heteroatoms. The fourth-order valence-corrected chi connectivity index (χ4v) is 2.36. The van der Waals surface area contributed by atoms with E-state index < -0.39 is 0 Å². The molecule has 3 rings (SSSR count). The Bertz CT molecular complexity index is 514. The minimum atomic E-state index is 0.353. The maximum atomic E-state index is 4.85. The van der Waals surface area contributed by atoms with Gasteiger partial charge in [0.05, 0.1) is 6.04 Å². The Kier molecular flexibility index (Phi) is 2.74. The molecule has 0 unspecified atom stereocenters. The van der Waals surface area contributed by atoms with Gasteiger partial charge in [0.2, 0.25) is 0 Å². The highest BCUT2D eigenvalue weighted by Crippen LogP contribution is 2.30. The number of rotatable bonds is 2. The van der Waals surface area contributed by atoms with Gasteiger partial charge in [0.25, 0.3) is 0 Å². The predicted octanol–water partition coefficient (Wildman–Crippen LogP) is 4.01. The van der Waals surface area contributed by atoms with Gasteiger partial charge < -0.3 is 0 Å². The molecule has 0 aromatic heterocycles. The van der Waals surface area contributed by atoms with Gasteiger partial charge in [-0.1, -0.05) is 60.7 Å². The quantitative estimate of drug-likeness (QED) is 0.726. The second kappa shape index (κ2) is 4.54. The average molecular weight is 221 g/mol. The highest BCUT2D eigenvalue weighted by molar-refractivity contribution is 6.01. The van der Waals surface area contributed by atoms with E-state index in [0.29, 0.717) is 6.04 Å². The van der Waals surface area contributed by atoms with Crippen LogP contribution in [0.4, 0.5) is 0 Å². The molecule has 0 saturated heterocycles. The van der Waals surface area contributed by atoms with Crippen LogP contribution in [0.15, 0.2) is 65.7 Å². The number of aliphatic imine (C=N–C) groups is 1. The van der Waals surface area contributed by atoms with Gasteiger partial charge in [-0.3, -0.25) is 4.99 Å². The highest BCUT2D eigenvalue weighted by atomic mass is 14.8. The van der Waals surface area contributed by atoms with E-state index in [0.717, 1.165) is 12.8 Å². The molecule has 84 valence electrons. The first-order valence-electron chi connectivity index (χ1n) is 6.10. The van der Waals surface area contributed by atoms with E-state index in [-0.39, 0.29) is 0 Å². The first kappa shape index (κ1) is 10.3. The van der Waals surface area contributed by atoms with Crippen molar-refractivity contribution in [1.82, 2.24) is 0 Å². The van der Waals surface area contributed by atoms with Crippen LogP contribution in [-0.2, 0) is 0 Å². The Labute approximate surface area is 102 Å². The van der Waals surface area contributed by atoms with Crippen molar-refractivity contribution in [2.75, 3.05) is 0 Å². The minimum absolute atomic E-state index is 0.353. The van der Waals surface area contributed by atoms with Crippen LogP contribution in [0.1, 0.15) is 30.0 Å². The molecule has 0 amide bonds. The maximum absolute atomic E-state index is 4.85. The van der Waals surface area contributed by atoms with Gasteiger partial charge in [0.1, 0.15) is 0 Å². The average Bonchev–Trinajstić information content (AvgIpc) is 2.90. The maximum Gasteiger partial charge on any atom is 0.0756 e. The summed E-state index contributed by atoms with van der Waals surface area (Å²) in [5.41, 5.74) is 3.85. The third-order valence-corrected chi connectivity index (χ3v) is 3.26. The first-order valence-corrected chi connectivity index (χ1v) is 6.10. The molecule has 0 bridgehead atoms. The predicted molar refractivity (Wildman–Crippen MR) is 71.4 cm³/mol. The summed E-state index contributed by atoms with van der Waals surface area (Å²) in [5.74, 6) is 0. The third-order valence-electron chi connectivity index (χ3n) is 3.26. The number of nitrogens with zero attached hydrogens (tertiary/aromatic N) is 1. The zero-order valence-electron chi connectivity index (χ0n) is 9.71. The highest BCUT2D eigenvalue weighted by Gasteiger charge is 2.19. The van der Waals surface area contributed by atoms with Crippen molar-refractivity contribution < 1.29 is 0 Å². The van der Waals surface area contributed by atoms with Crippen molar-refractivity contribution in [2.24, 2.45) is 4.99 Å². The van der Waals surface area contributed by atoms with E-state index in [2.05, 4.69) is 54.6 Å². The van der Waals surface area contributed by atoms with Gasteiger partial charge in [-0.05, 0) is 24.0 Å². The van der Waals surface area contributed by atoms with Crippen molar-refractivity contribution in [2.45, 2.75) is 18.9 Å². The molecule has 1 aliphatic rings. The summed E-state index contributed by atoms with van der Waals surface area (Å²) in [4.78, 5) is 4.85. The van der Waals surface area contributed by atoms with Crippen LogP contribution in [0, 0.1) is 0 Å². The molecule has 0 N–H and O–H groups in total. The molecule has 1 nitrogen and oxygen atoms in total. The van der Waals surface area contributed by atoms with E-state index >= 15 is 0 Å². The number of hydrogen-bond acceptors (Lipinski definition) is 1. The van der Waals surface area contributed by atoms with E-state index in [1.807, 2.05) is 6.07 Å². The van der Waals surface area contributed by atoms with E-state index in [9.17, 15) is 0 Å². The van der Waals surface area contributed by atoms with Gasteiger partial charge in [-0.2, -0.15) is 0 Å². The zero-order valence-corrected chi connectivity index (χ0v) is 9.71. The van der Waals surface area contributed by atoms with E-state index in [1.165, 1.54) is 16.8 Å². The molecule has 0 aliphatic carbocycles. The van der Waals surface area contributed by atoms with E-state index in [1.54, 1.807) is 0 Å². The van der Waals surface area contributed by atoms with Gasteiger partial charge in [0, 0.05) is 5.71 Å². The Balaban J connectivity index is 1.87. The molecule has 2 aromatic carbocycles. The van der Waals surface area contributed by atoms with Crippen LogP contribution in [0.2, 0.25) is 0 Å². The molecule has 2 aromatic rings. The molecule has 1 atom stereocenters. The van der Waals surface area contributed by atoms with Gasteiger partial charge in [0.15, 0.2) is 0 Å². The molecule has 0 radical (unpaired) electrons. The molecule has 1 aliphatic heterocycles. The lowest BCUT2D eigenvalue weighted by molar-refractivity contribution is 0.723. The normalized spacial score (nSPS) is 19.1. The van der Waals surface area contributed by atoms with Crippen molar-refractivity contribution >= 4 is 5.71 Å². The number of benzene rings is 2. The lowest BCUT2D eigenvalue weighted by atomic mass is 10.0. The molecular weight excluding hydrogens is 206 g/mol. The minimum Gasteiger partial charge on any atom is -0.281 e. The second-order valence-corrected chi connectivity index (χ2v) is 4.41. The zero-order chi connectivity index (χ0) is 11.5. The lowest BCUT2D eigenvalue weighted by Gasteiger charge is -2.05. The van der Waals surface area contributed by atoms with Crippen LogP contribution < -0.4 is 0 Å². The Hall–Kier alpha value is -1.89. The van der Waals surface area contributed by atoms with Gasteiger partial charge in [-0.25, -0.2) is 0 Å². The first-order chi connectivity index (χ1) is 8.43. The summed E-state index contributed by atoms with van der Waals surface area (Å²) >= 11 is 0. The topological polar surface area (TPSA) is 12.4 Å². The molecule has 0 saturated carbocycles. The summed E-state index contributed by atoms with van der Waals surface area (Å²) in [6.07, 6.45) is 2.22. The summed E-state index contributed by atoms with van der Waals surface area (Å²) in [6.45, 7) is 0. The molecule has 0 spiro atoms. The Morgan fingerprint density at radius 3 is 2.18 bits per heavy atom. The molecular formula is C16H15N. The largest absolute Gasteiger partial charge is 0.281 e. The van der Waals surface area contributed by atoms with Crippen LogP contribution >= 0.6 is 0 Å². The molecule has 17 heavy (non-hydrogen) atoms. The monoisotopic (exact) mass is 221 g/mol. The SMILES string of the molecule is c1ccc(C2=N[C@H](c3ccccc3)CC2)cc1. The number of hydrogen-bond donors (Lipinski definition) is 0. The fraction of sp³-hybridized carbons (Fsp3) is 0.188. The third kappa shape index (κ3) is 2.14. The van der Waals surface area contributed by atoms with Gasteiger partial charge >= 0.3 is 0 Å². The fourth-order valence-electron chi connectivity index (χ4n) is 2.36. The van der Waals surface area contributed by atoms with Crippen molar-refractivity contribution in [3.05, 3.63) is 71.8 Å². The summed E-state index contributed by atoms with van der Waals surface area (Å²) in [7, 11) is 0. The van der Waals surface area contributed by atoms with Crippen LogP contribution in [0.5, 0.6) is 0 Å². The molecule has 0 fully saturated rings. The Morgan fingerprint density at radius 2 is 1.47 bits per heavy atom. The van der Waals surface area contributed by atoms with Gasteiger partial charge in [-0.15, -0.1) is 0 Å². The summed E-state index contributed by atoms with van der Waals surface area (Å²) < 4.78 is 0. The standard InChI is InChI=1S/C16H15N/c1-3-7-13(8-4-1)15-11-12-16(17-15)14-9-5-2-6-10-14/h1-10,15H,11-12H2/t15-/m0/s1.